The number of aryl methyl sites for hydroxylation is 1. The van der Waals surface area contributed by atoms with Crippen molar-refractivity contribution in [3.8, 4) is 0 Å². The summed E-state index contributed by atoms with van der Waals surface area (Å²) >= 11 is 1.82. The maximum absolute atomic E-state index is 11.1. The maximum atomic E-state index is 11.1. The molecule has 1 unspecified atom stereocenters. The number of morpholine rings is 1. The molecule has 1 atom stereocenters. The highest BCUT2D eigenvalue weighted by Crippen LogP contribution is 2.27. The monoisotopic (exact) mass is 405 g/mol. The van der Waals surface area contributed by atoms with Crippen LogP contribution in [-0.2, 0) is 11.3 Å². The van der Waals surface area contributed by atoms with Crippen molar-refractivity contribution in [2.75, 3.05) is 39.9 Å². The first-order chi connectivity index (χ1) is 13.6. The molecule has 0 radical (unpaired) electrons. The molecule has 4 N–H and O–H groups in total. The highest BCUT2D eigenvalue weighted by atomic mass is 32.1. The molecule has 3 rings (SSSR count). The molecule has 28 heavy (non-hydrogen) atoms. The summed E-state index contributed by atoms with van der Waals surface area (Å²) in [6.07, 6.45) is 0. The number of carbonyl (C=O) groups excluding carboxylic acids is 1. The minimum Gasteiger partial charge on any atom is -0.454 e. The molecule has 3 heterocycles. The van der Waals surface area contributed by atoms with Gasteiger partial charge < -0.3 is 25.5 Å². The van der Waals surface area contributed by atoms with E-state index in [0.29, 0.717) is 18.3 Å². The van der Waals surface area contributed by atoms with Crippen molar-refractivity contribution in [3.05, 3.63) is 45.5 Å². The zero-order chi connectivity index (χ0) is 19.9. The minimum absolute atomic E-state index is 0.153. The Labute approximate surface area is 168 Å². The van der Waals surface area contributed by atoms with Crippen molar-refractivity contribution in [1.29, 1.82) is 0 Å². The van der Waals surface area contributed by atoms with Gasteiger partial charge in [-0.05, 0) is 31.2 Å². The van der Waals surface area contributed by atoms with E-state index in [1.165, 1.54) is 9.75 Å². The molecule has 1 saturated heterocycles. The molecule has 0 bridgehead atoms. The Morgan fingerprint density at radius 2 is 2.07 bits per heavy atom. The number of hydrogen-bond donors (Lipinski definition) is 3. The van der Waals surface area contributed by atoms with Gasteiger partial charge in [0.05, 0.1) is 25.8 Å². The lowest BCUT2D eigenvalue weighted by molar-refractivity contribution is 0.0177. The Bertz CT molecular complexity index is 810. The van der Waals surface area contributed by atoms with Gasteiger partial charge in [0.2, 0.25) is 0 Å². The van der Waals surface area contributed by atoms with Gasteiger partial charge in [0, 0.05) is 36.4 Å². The average molecular weight is 406 g/mol. The number of amides is 1. The first-order valence-corrected chi connectivity index (χ1v) is 10.1. The third kappa shape index (κ3) is 5.34. The average Bonchev–Trinajstić information content (AvgIpc) is 3.34. The van der Waals surface area contributed by atoms with Crippen molar-refractivity contribution in [2.45, 2.75) is 19.5 Å². The summed E-state index contributed by atoms with van der Waals surface area (Å²) in [5, 5.41) is 6.61. The first kappa shape index (κ1) is 20.4. The molecule has 9 heteroatoms. The van der Waals surface area contributed by atoms with Crippen LogP contribution in [0.1, 0.15) is 32.1 Å². The van der Waals surface area contributed by atoms with Crippen LogP contribution in [0, 0.1) is 6.92 Å². The molecule has 0 saturated carbocycles. The number of rotatable bonds is 7. The van der Waals surface area contributed by atoms with Crippen LogP contribution in [0.15, 0.2) is 33.7 Å². The van der Waals surface area contributed by atoms with Gasteiger partial charge in [-0.1, -0.05) is 0 Å². The molecule has 2 aromatic rings. The fourth-order valence-electron chi connectivity index (χ4n) is 3.12. The largest absolute Gasteiger partial charge is 0.454 e. The molecule has 0 aliphatic carbocycles. The number of guanidine groups is 1. The lowest BCUT2D eigenvalue weighted by Gasteiger charge is -2.34. The summed E-state index contributed by atoms with van der Waals surface area (Å²) < 4.78 is 10.9. The van der Waals surface area contributed by atoms with Crippen LogP contribution in [0.4, 0.5) is 0 Å². The van der Waals surface area contributed by atoms with Crippen LogP contribution in [0.25, 0.3) is 0 Å². The SMILES string of the molecule is CN=C(NCc1ccc(C(N)=O)o1)NCC(c1ccc(C)s1)N1CCOCC1. The van der Waals surface area contributed by atoms with Crippen LogP contribution in [0.2, 0.25) is 0 Å². The van der Waals surface area contributed by atoms with Crippen molar-refractivity contribution in [1.82, 2.24) is 15.5 Å². The predicted octanol–water partition coefficient (Wildman–Crippen LogP) is 1.49. The third-order valence-corrected chi connectivity index (χ3v) is 5.70. The highest BCUT2D eigenvalue weighted by molar-refractivity contribution is 7.12. The number of primary amides is 1. The van der Waals surface area contributed by atoms with Gasteiger partial charge >= 0.3 is 0 Å². The van der Waals surface area contributed by atoms with Gasteiger partial charge in [-0.2, -0.15) is 0 Å². The number of furan rings is 1. The lowest BCUT2D eigenvalue weighted by atomic mass is 10.2. The topological polar surface area (TPSA) is 105 Å². The Morgan fingerprint density at radius 1 is 1.29 bits per heavy atom. The van der Waals surface area contributed by atoms with Gasteiger partial charge in [0.25, 0.3) is 5.91 Å². The molecule has 1 fully saturated rings. The number of ether oxygens (including phenoxy) is 1. The van der Waals surface area contributed by atoms with E-state index in [2.05, 4.69) is 39.6 Å². The smallest absolute Gasteiger partial charge is 0.284 e. The number of carbonyl (C=O) groups is 1. The summed E-state index contributed by atoms with van der Waals surface area (Å²) in [4.78, 5) is 20.5. The van der Waals surface area contributed by atoms with E-state index in [-0.39, 0.29) is 11.8 Å². The second-order valence-corrected chi connectivity index (χ2v) is 7.87. The Kier molecular flexibility index (Phi) is 7.07. The molecular formula is C19H27N5O3S. The third-order valence-electron chi connectivity index (χ3n) is 4.60. The number of aliphatic imine (C=N–C) groups is 1. The Hall–Kier alpha value is -2.36. The predicted molar refractivity (Wildman–Crippen MR) is 110 cm³/mol. The van der Waals surface area contributed by atoms with E-state index in [1.54, 1.807) is 19.2 Å². The van der Waals surface area contributed by atoms with Crippen LogP contribution in [0.3, 0.4) is 0 Å². The van der Waals surface area contributed by atoms with Gasteiger partial charge in [0.1, 0.15) is 5.76 Å². The molecular weight excluding hydrogens is 378 g/mol. The number of nitrogens with two attached hydrogens (primary N) is 1. The lowest BCUT2D eigenvalue weighted by Crippen LogP contribution is -2.46. The van der Waals surface area contributed by atoms with E-state index >= 15 is 0 Å². The van der Waals surface area contributed by atoms with Crippen LogP contribution in [-0.4, -0.2) is 56.7 Å². The van der Waals surface area contributed by atoms with Gasteiger partial charge in [0.15, 0.2) is 11.7 Å². The molecule has 2 aromatic heterocycles. The first-order valence-electron chi connectivity index (χ1n) is 9.28. The van der Waals surface area contributed by atoms with Crippen molar-refractivity contribution < 1.29 is 13.9 Å². The second kappa shape index (κ2) is 9.72. The number of nitrogens with zero attached hydrogens (tertiary/aromatic N) is 2. The summed E-state index contributed by atoms with van der Waals surface area (Å²) in [6, 6.07) is 7.92. The minimum atomic E-state index is -0.576. The molecule has 152 valence electrons. The summed E-state index contributed by atoms with van der Waals surface area (Å²) in [5.41, 5.74) is 5.22. The van der Waals surface area contributed by atoms with E-state index < -0.39 is 5.91 Å². The molecule has 1 aliphatic heterocycles. The number of thiophene rings is 1. The quantitative estimate of drug-likeness (QED) is 0.476. The van der Waals surface area contributed by atoms with Crippen LogP contribution in [0.5, 0.6) is 0 Å². The molecule has 1 amide bonds. The van der Waals surface area contributed by atoms with Crippen molar-refractivity contribution >= 4 is 23.2 Å². The number of hydrogen-bond acceptors (Lipinski definition) is 6. The Morgan fingerprint density at radius 3 is 2.68 bits per heavy atom. The van der Waals surface area contributed by atoms with Crippen molar-refractivity contribution in [2.24, 2.45) is 10.7 Å². The van der Waals surface area contributed by atoms with Gasteiger partial charge in [-0.15, -0.1) is 11.3 Å². The van der Waals surface area contributed by atoms with E-state index in [0.717, 1.165) is 32.8 Å². The fraction of sp³-hybridized carbons (Fsp3) is 0.474. The Balaban J connectivity index is 1.59. The fourth-order valence-corrected chi connectivity index (χ4v) is 4.13. The van der Waals surface area contributed by atoms with Crippen LogP contribution >= 0.6 is 11.3 Å². The summed E-state index contributed by atoms with van der Waals surface area (Å²) in [5.74, 6) is 0.868. The van der Waals surface area contributed by atoms with Gasteiger partial charge in [-0.3, -0.25) is 14.7 Å². The standard InChI is InChI=1S/C19H27N5O3S/c1-13-3-6-17(28-13)15(24-7-9-26-10-8-24)12-23-19(21-2)22-11-14-4-5-16(27-14)18(20)25/h3-6,15H,7-12H2,1-2H3,(H2,20,25)(H2,21,22,23). The molecule has 0 spiro atoms. The van der Waals surface area contributed by atoms with E-state index in [4.69, 9.17) is 14.9 Å². The van der Waals surface area contributed by atoms with E-state index in [9.17, 15) is 4.79 Å². The zero-order valence-electron chi connectivity index (χ0n) is 16.2. The summed E-state index contributed by atoms with van der Waals surface area (Å²) in [7, 11) is 1.73. The van der Waals surface area contributed by atoms with E-state index in [1.807, 2.05) is 11.3 Å². The maximum Gasteiger partial charge on any atom is 0.284 e. The molecule has 0 aromatic carbocycles. The normalized spacial score (nSPS) is 16.7. The second-order valence-electron chi connectivity index (χ2n) is 6.55. The zero-order valence-corrected chi connectivity index (χ0v) is 17.1. The summed E-state index contributed by atoms with van der Waals surface area (Å²) in [6.45, 7) is 6.61. The van der Waals surface area contributed by atoms with Crippen molar-refractivity contribution in [3.63, 3.8) is 0 Å². The van der Waals surface area contributed by atoms with Crippen LogP contribution < -0.4 is 16.4 Å². The molecule has 1 aliphatic rings. The number of nitrogens with one attached hydrogen (secondary N) is 2. The molecule has 8 nitrogen and oxygen atoms in total. The highest BCUT2D eigenvalue weighted by Gasteiger charge is 2.24. The van der Waals surface area contributed by atoms with Gasteiger partial charge in [-0.25, -0.2) is 0 Å².